The monoisotopic (exact) mass is 306 g/mol. The Morgan fingerprint density at radius 3 is 3.00 bits per heavy atom. The zero-order chi connectivity index (χ0) is 13.9. The Morgan fingerprint density at radius 1 is 1.35 bits per heavy atom. The van der Waals surface area contributed by atoms with E-state index in [0.29, 0.717) is 10.8 Å². The Hall–Kier alpha value is -1.76. The van der Waals surface area contributed by atoms with Crippen molar-refractivity contribution < 1.29 is 5.11 Å². The minimum atomic E-state index is -0.724. The van der Waals surface area contributed by atoms with Gasteiger partial charge in [-0.2, -0.15) is 16.1 Å². The van der Waals surface area contributed by atoms with Crippen molar-refractivity contribution in [3.05, 3.63) is 51.7 Å². The zero-order valence-electron chi connectivity index (χ0n) is 10.3. The SMILES string of the molecule is OC(Cn1nnc(-c2ccsc2)n1)c1cccc(Cl)c1. The van der Waals surface area contributed by atoms with Gasteiger partial charge in [-0.25, -0.2) is 0 Å². The van der Waals surface area contributed by atoms with E-state index < -0.39 is 6.10 Å². The molecule has 2 heterocycles. The number of tetrazole rings is 1. The number of aliphatic hydroxyl groups is 1. The van der Waals surface area contributed by atoms with Crippen molar-refractivity contribution in [2.24, 2.45) is 0 Å². The van der Waals surface area contributed by atoms with Crippen molar-refractivity contribution in [3.63, 3.8) is 0 Å². The van der Waals surface area contributed by atoms with E-state index in [1.165, 1.54) is 4.80 Å². The Labute approximate surface area is 124 Å². The van der Waals surface area contributed by atoms with Gasteiger partial charge in [-0.3, -0.25) is 0 Å². The van der Waals surface area contributed by atoms with Gasteiger partial charge in [0.2, 0.25) is 5.82 Å². The van der Waals surface area contributed by atoms with Gasteiger partial charge < -0.3 is 5.11 Å². The van der Waals surface area contributed by atoms with Crippen LogP contribution in [0.1, 0.15) is 11.7 Å². The Kier molecular flexibility index (Phi) is 3.77. The van der Waals surface area contributed by atoms with Gasteiger partial charge in [-0.1, -0.05) is 23.7 Å². The second-order valence-electron chi connectivity index (χ2n) is 4.25. The van der Waals surface area contributed by atoms with Crippen LogP contribution in [0.25, 0.3) is 11.4 Å². The van der Waals surface area contributed by atoms with Crippen LogP contribution in [0.5, 0.6) is 0 Å². The molecule has 0 aliphatic rings. The van der Waals surface area contributed by atoms with E-state index in [1.807, 2.05) is 22.9 Å². The van der Waals surface area contributed by atoms with Crippen LogP contribution in [-0.2, 0) is 6.54 Å². The van der Waals surface area contributed by atoms with Gasteiger partial charge in [-0.05, 0) is 34.4 Å². The summed E-state index contributed by atoms with van der Waals surface area (Å²) in [5.74, 6) is 0.560. The summed E-state index contributed by atoms with van der Waals surface area (Å²) < 4.78 is 0. The van der Waals surface area contributed by atoms with Crippen molar-refractivity contribution >= 4 is 22.9 Å². The molecule has 3 rings (SSSR count). The molecule has 1 unspecified atom stereocenters. The fraction of sp³-hybridized carbons (Fsp3) is 0.154. The predicted octanol–water partition coefficient (Wildman–Crippen LogP) is 2.79. The minimum Gasteiger partial charge on any atom is -0.386 e. The number of benzene rings is 1. The maximum absolute atomic E-state index is 10.2. The van der Waals surface area contributed by atoms with E-state index in [-0.39, 0.29) is 6.54 Å². The quantitative estimate of drug-likeness (QED) is 0.805. The molecule has 7 heteroatoms. The smallest absolute Gasteiger partial charge is 0.205 e. The predicted molar refractivity (Wildman–Crippen MR) is 77.5 cm³/mol. The fourth-order valence-corrected chi connectivity index (χ4v) is 2.63. The molecule has 0 aliphatic carbocycles. The third kappa shape index (κ3) is 2.87. The third-order valence-corrected chi connectivity index (χ3v) is 3.72. The van der Waals surface area contributed by atoms with Crippen LogP contribution in [0, 0.1) is 0 Å². The Morgan fingerprint density at radius 2 is 2.25 bits per heavy atom. The normalized spacial score (nSPS) is 12.5. The highest BCUT2D eigenvalue weighted by molar-refractivity contribution is 7.08. The molecule has 20 heavy (non-hydrogen) atoms. The first-order chi connectivity index (χ1) is 9.72. The lowest BCUT2D eigenvalue weighted by Crippen LogP contribution is -2.11. The first-order valence-electron chi connectivity index (χ1n) is 5.96. The lowest BCUT2D eigenvalue weighted by atomic mass is 10.1. The highest BCUT2D eigenvalue weighted by Gasteiger charge is 2.12. The van der Waals surface area contributed by atoms with Gasteiger partial charge in [0.25, 0.3) is 0 Å². The second kappa shape index (κ2) is 5.70. The Balaban J connectivity index is 1.75. The molecule has 1 N–H and O–H groups in total. The van der Waals surface area contributed by atoms with Crippen molar-refractivity contribution in [1.82, 2.24) is 20.2 Å². The highest BCUT2D eigenvalue weighted by Crippen LogP contribution is 2.20. The topological polar surface area (TPSA) is 63.8 Å². The molecule has 1 atom stereocenters. The minimum absolute atomic E-state index is 0.234. The van der Waals surface area contributed by atoms with Gasteiger partial charge in [0, 0.05) is 16.0 Å². The van der Waals surface area contributed by atoms with Crippen LogP contribution >= 0.6 is 22.9 Å². The molecular weight excluding hydrogens is 296 g/mol. The third-order valence-electron chi connectivity index (χ3n) is 2.80. The molecule has 102 valence electrons. The fourth-order valence-electron chi connectivity index (χ4n) is 1.80. The maximum Gasteiger partial charge on any atom is 0.205 e. The molecule has 0 aliphatic heterocycles. The number of hydrogen-bond acceptors (Lipinski definition) is 5. The van der Waals surface area contributed by atoms with Gasteiger partial charge >= 0.3 is 0 Å². The molecule has 2 aromatic heterocycles. The van der Waals surface area contributed by atoms with Gasteiger partial charge in [0.1, 0.15) is 6.10 Å². The van der Waals surface area contributed by atoms with Crippen molar-refractivity contribution in [1.29, 1.82) is 0 Å². The molecule has 3 aromatic rings. The molecule has 0 radical (unpaired) electrons. The lowest BCUT2D eigenvalue weighted by molar-refractivity contribution is 0.144. The van der Waals surface area contributed by atoms with E-state index in [0.717, 1.165) is 11.1 Å². The second-order valence-corrected chi connectivity index (χ2v) is 5.47. The van der Waals surface area contributed by atoms with Gasteiger partial charge in [-0.15, -0.1) is 10.2 Å². The van der Waals surface area contributed by atoms with Crippen molar-refractivity contribution in [3.8, 4) is 11.4 Å². The molecule has 0 saturated carbocycles. The van der Waals surface area contributed by atoms with E-state index in [9.17, 15) is 5.11 Å². The first-order valence-corrected chi connectivity index (χ1v) is 7.28. The number of thiophene rings is 1. The average molecular weight is 307 g/mol. The van der Waals surface area contributed by atoms with Crippen molar-refractivity contribution in [2.45, 2.75) is 12.6 Å². The summed E-state index contributed by atoms with van der Waals surface area (Å²) >= 11 is 7.48. The maximum atomic E-state index is 10.2. The molecule has 0 bridgehead atoms. The summed E-state index contributed by atoms with van der Waals surface area (Å²) in [6, 6.07) is 9.03. The van der Waals surface area contributed by atoms with Crippen LogP contribution in [0.4, 0.5) is 0 Å². The number of aromatic nitrogens is 4. The number of hydrogen-bond donors (Lipinski definition) is 1. The molecule has 0 amide bonds. The van der Waals surface area contributed by atoms with Crippen LogP contribution < -0.4 is 0 Å². The Bertz CT molecular complexity index is 698. The van der Waals surface area contributed by atoms with E-state index in [4.69, 9.17) is 11.6 Å². The summed E-state index contributed by atoms with van der Waals surface area (Å²) in [5, 5.41) is 26.8. The summed E-state index contributed by atoms with van der Waals surface area (Å²) in [4.78, 5) is 1.39. The lowest BCUT2D eigenvalue weighted by Gasteiger charge is -2.09. The zero-order valence-corrected chi connectivity index (χ0v) is 11.9. The van der Waals surface area contributed by atoms with Crippen LogP contribution in [-0.4, -0.2) is 25.3 Å². The molecule has 0 saturated heterocycles. The van der Waals surface area contributed by atoms with Crippen LogP contribution in [0.15, 0.2) is 41.1 Å². The van der Waals surface area contributed by atoms with Crippen LogP contribution in [0.2, 0.25) is 5.02 Å². The van der Waals surface area contributed by atoms with Gasteiger partial charge in [0.05, 0.1) is 6.54 Å². The molecule has 0 spiro atoms. The van der Waals surface area contributed by atoms with E-state index >= 15 is 0 Å². The molecule has 0 fully saturated rings. The standard InChI is InChI=1S/C13H11ClN4OS/c14-11-3-1-2-9(6-11)12(19)7-18-16-13(15-17-18)10-4-5-20-8-10/h1-6,8,12,19H,7H2. The van der Waals surface area contributed by atoms with Crippen molar-refractivity contribution in [2.75, 3.05) is 0 Å². The number of halogens is 1. The molecule has 5 nitrogen and oxygen atoms in total. The average Bonchev–Trinajstić information content (AvgIpc) is 3.08. The molecule has 1 aromatic carbocycles. The highest BCUT2D eigenvalue weighted by atomic mass is 35.5. The van der Waals surface area contributed by atoms with E-state index in [1.54, 1.807) is 29.5 Å². The summed E-state index contributed by atoms with van der Waals surface area (Å²) in [5.41, 5.74) is 1.66. The van der Waals surface area contributed by atoms with Crippen LogP contribution in [0.3, 0.4) is 0 Å². The molecular formula is C13H11ClN4OS. The summed E-state index contributed by atoms with van der Waals surface area (Å²) in [6.45, 7) is 0.234. The summed E-state index contributed by atoms with van der Waals surface area (Å²) in [7, 11) is 0. The largest absolute Gasteiger partial charge is 0.386 e. The first kappa shape index (κ1) is 13.2. The van der Waals surface area contributed by atoms with Gasteiger partial charge in [0.15, 0.2) is 0 Å². The number of aliphatic hydroxyl groups excluding tert-OH is 1. The summed E-state index contributed by atoms with van der Waals surface area (Å²) in [6.07, 6.45) is -0.724. The number of nitrogens with zero attached hydrogens (tertiary/aromatic N) is 4. The number of rotatable bonds is 4. The van der Waals surface area contributed by atoms with E-state index in [2.05, 4.69) is 15.4 Å².